The summed E-state index contributed by atoms with van der Waals surface area (Å²) in [7, 11) is 0. The molecule has 2 nitrogen and oxygen atoms in total. The quantitative estimate of drug-likeness (QED) is 0.485. The van der Waals surface area contributed by atoms with Crippen molar-refractivity contribution in [3.05, 3.63) is 96.7 Å². The Bertz CT molecular complexity index is 1020. The summed E-state index contributed by atoms with van der Waals surface area (Å²) in [6.07, 6.45) is 1.65. The van der Waals surface area contributed by atoms with Gasteiger partial charge in [0.05, 0.1) is 11.9 Å². The van der Waals surface area contributed by atoms with Crippen LogP contribution in [-0.4, -0.2) is 9.78 Å². The summed E-state index contributed by atoms with van der Waals surface area (Å²) in [5.41, 5.74) is 3.96. The van der Waals surface area contributed by atoms with Crippen LogP contribution in [0.5, 0.6) is 0 Å². The molecule has 4 rings (SSSR count). The lowest BCUT2D eigenvalue weighted by atomic mass is 10.0. The summed E-state index contributed by atoms with van der Waals surface area (Å²) in [6, 6.07) is 22.5. The van der Waals surface area contributed by atoms with Gasteiger partial charge in [0.2, 0.25) is 0 Å². The zero-order valence-corrected chi connectivity index (χ0v) is 13.2. The maximum absolute atomic E-state index is 14.1. The number of nitrogens with zero attached hydrogens (tertiary/aromatic N) is 2. The predicted molar refractivity (Wildman–Crippen MR) is 94.4 cm³/mol. The number of rotatable bonds is 3. The summed E-state index contributed by atoms with van der Waals surface area (Å²) in [5, 5.41) is 4.26. The second kappa shape index (κ2) is 6.32. The second-order valence-electron chi connectivity index (χ2n) is 5.67. The minimum atomic E-state index is -0.331. The Balaban J connectivity index is 1.80. The number of hydrogen-bond acceptors (Lipinski definition) is 1. The van der Waals surface area contributed by atoms with Crippen molar-refractivity contribution in [2.24, 2.45) is 0 Å². The van der Waals surface area contributed by atoms with Crippen molar-refractivity contribution in [3.63, 3.8) is 0 Å². The van der Waals surface area contributed by atoms with Gasteiger partial charge < -0.3 is 0 Å². The minimum absolute atomic E-state index is 0.266. The zero-order chi connectivity index (χ0) is 17.2. The molecule has 0 saturated carbocycles. The summed E-state index contributed by atoms with van der Waals surface area (Å²) >= 11 is 0. The van der Waals surface area contributed by atoms with Crippen LogP contribution in [0, 0.1) is 11.6 Å². The average Bonchev–Trinajstić information content (AvgIpc) is 3.12. The first-order valence-corrected chi connectivity index (χ1v) is 7.88. The smallest absolute Gasteiger partial charge is 0.148 e. The van der Waals surface area contributed by atoms with Crippen molar-refractivity contribution >= 4 is 0 Å². The van der Waals surface area contributed by atoms with E-state index in [-0.39, 0.29) is 11.6 Å². The summed E-state index contributed by atoms with van der Waals surface area (Å²) in [5.74, 6) is -0.598. The van der Waals surface area contributed by atoms with E-state index >= 15 is 0 Å². The Hall–Kier alpha value is -3.27. The molecule has 0 aliphatic carbocycles. The van der Waals surface area contributed by atoms with Gasteiger partial charge in [-0.15, -0.1) is 0 Å². The lowest BCUT2D eigenvalue weighted by Crippen LogP contribution is -2.01. The molecule has 0 bridgehead atoms. The van der Waals surface area contributed by atoms with Crippen molar-refractivity contribution < 1.29 is 8.78 Å². The van der Waals surface area contributed by atoms with Crippen LogP contribution in [0.1, 0.15) is 0 Å². The highest BCUT2D eigenvalue weighted by Gasteiger charge is 2.11. The van der Waals surface area contributed by atoms with E-state index in [2.05, 4.69) is 5.10 Å². The Morgan fingerprint density at radius 2 is 1.44 bits per heavy atom. The van der Waals surface area contributed by atoms with Crippen molar-refractivity contribution in [1.82, 2.24) is 9.78 Å². The molecule has 0 atom stereocenters. The molecule has 3 aromatic carbocycles. The molecular weight excluding hydrogens is 318 g/mol. The molecule has 0 fully saturated rings. The Labute approximate surface area is 144 Å². The van der Waals surface area contributed by atoms with Gasteiger partial charge in [0.25, 0.3) is 0 Å². The largest absolute Gasteiger partial charge is 0.230 e. The van der Waals surface area contributed by atoms with E-state index in [1.165, 1.54) is 18.2 Å². The monoisotopic (exact) mass is 332 g/mol. The lowest BCUT2D eigenvalue weighted by molar-refractivity contribution is 0.611. The highest BCUT2D eigenvalue weighted by molar-refractivity contribution is 5.72. The van der Waals surface area contributed by atoms with Crippen molar-refractivity contribution in [2.75, 3.05) is 0 Å². The van der Waals surface area contributed by atoms with E-state index in [9.17, 15) is 8.78 Å². The van der Waals surface area contributed by atoms with Crippen LogP contribution in [-0.2, 0) is 0 Å². The van der Waals surface area contributed by atoms with Crippen LogP contribution in [0.15, 0.2) is 85.1 Å². The van der Waals surface area contributed by atoms with Gasteiger partial charge in [0.1, 0.15) is 17.3 Å². The molecular formula is C21H14F2N2. The van der Waals surface area contributed by atoms with E-state index in [0.29, 0.717) is 5.69 Å². The van der Waals surface area contributed by atoms with Gasteiger partial charge in [-0.3, -0.25) is 0 Å². The fourth-order valence-electron chi connectivity index (χ4n) is 2.84. The molecule has 4 heteroatoms. The fraction of sp³-hybridized carbons (Fsp3) is 0. The topological polar surface area (TPSA) is 17.8 Å². The van der Waals surface area contributed by atoms with Gasteiger partial charge in [-0.2, -0.15) is 5.10 Å². The first-order chi connectivity index (χ1) is 12.2. The number of benzene rings is 3. The molecule has 0 aliphatic heterocycles. The average molecular weight is 332 g/mol. The van der Waals surface area contributed by atoms with Crippen molar-refractivity contribution in [1.29, 1.82) is 0 Å². The van der Waals surface area contributed by atoms with Crippen LogP contribution < -0.4 is 0 Å². The highest BCUT2D eigenvalue weighted by Crippen LogP contribution is 2.28. The van der Waals surface area contributed by atoms with Gasteiger partial charge in [0.15, 0.2) is 0 Å². The number of aromatic nitrogens is 2. The third-order valence-electron chi connectivity index (χ3n) is 4.06. The maximum atomic E-state index is 14.1. The van der Waals surface area contributed by atoms with Crippen LogP contribution in [0.3, 0.4) is 0 Å². The molecule has 0 saturated heterocycles. The van der Waals surface area contributed by atoms with E-state index in [0.717, 1.165) is 22.4 Å². The van der Waals surface area contributed by atoms with E-state index < -0.39 is 0 Å². The van der Waals surface area contributed by atoms with Gasteiger partial charge in [-0.05, 0) is 47.5 Å². The van der Waals surface area contributed by atoms with Crippen molar-refractivity contribution in [2.45, 2.75) is 0 Å². The standard InChI is InChI=1S/C21H14F2N2/c22-18-10-8-15(9-11-18)16-4-3-5-17(14-16)20-12-13-24-25(20)21-7-2-1-6-19(21)23/h1-14H. The van der Waals surface area contributed by atoms with Crippen molar-refractivity contribution in [3.8, 4) is 28.1 Å². The minimum Gasteiger partial charge on any atom is -0.230 e. The fourth-order valence-corrected chi connectivity index (χ4v) is 2.84. The zero-order valence-electron chi connectivity index (χ0n) is 13.2. The first kappa shape index (κ1) is 15.3. The van der Waals surface area contributed by atoms with Crippen LogP contribution in [0.2, 0.25) is 0 Å². The molecule has 0 radical (unpaired) electrons. The lowest BCUT2D eigenvalue weighted by Gasteiger charge is -2.10. The van der Waals surface area contributed by atoms with Crippen LogP contribution in [0.25, 0.3) is 28.1 Å². The third-order valence-corrected chi connectivity index (χ3v) is 4.06. The molecule has 4 aromatic rings. The number of halogens is 2. The normalized spacial score (nSPS) is 10.8. The SMILES string of the molecule is Fc1ccc(-c2cccc(-c3ccnn3-c3ccccc3F)c2)cc1. The molecule has 0 unspecified atom stereocenters. The number of para-hydroxylation sites is 1. The van der Waals surface area contributed by atoms with E-state index in [4.69, 9.17) is 0 Å². The molecule has 25 heavy (non-hydrogen) atoms. The summed E-state index contributed by atoms with van der Waals surface area (Å²) in [6.45, 7) is 0. The predicted octanol–water partition coefficient (Wildman–Crippen LogP) is 5.48. The molecule has 122 valence electrons. The molecule has 0 aliphatic rings. The summed E-state index contributed by atoms with van der Waals surface area (Å²) < 4.78 is 28.9. The Kier molecular flexibility index (Phi) is 3.86. The van der Waals surface area contributed by atoms with Gasteiger partial charge in [-0.25, -0.2) is 13.5 Å². The highest BCUT2D eigenvalue weighted by atomic mass is 19.1. The van der Waals surface area contributed by atoms with Gasteiger partial charge >= 0.3 is 0 Å². The van der Waals surface area contributed by atoms with E-state index in [1.807, 2.05) is 30.3 Å². The Morgan fingerprint density at radius 1 is 0.680 bits per heavy atom. The first-order valence-electron chi connectivity index (χ1n) is 7.88. The molecule has 1 aromatic heterocycles. The molecule has 0 N–H and O–H groups in total. The summed E-state index contributed by atoms with van der Waals surface area (Å²) in [4.78, 5) is 0. The third kappa shape index (κ3) is 2.94. The van der Waals surface area contributed by atoms with Crippen LogP contribution in [0.4, 0.5) is 8.78 Å². The molecule has 0 amide bonds. The van der Waals surface area contributed by atoms with E-state index in [1.54, 1.807) is 41.2 Å². The molecule has 0 spiro atoms. The second-order valence-corrected chi connectivity index (χ2v) is 5.67. The van der Waals surface area contributed by atoms with Gasteiger partial charge in [-0.1, -0.05) is 42.5 Å². The van der Waals surface area contributed by atoms with Gasteiger partial charge in [0, 0.05) is 5.56 Å². The maximum Gasteiger partial charge on any atom is 0.148 e. The molecule has 1 heterocycles. The van der Waals surface area contributed by atoms with Crippen LogP contribution >= 0.6 is 0 Å². The number of hydrogen-bond donors (Lipinski definition) is 0. The Morgan fingerprint density at radius 3 is 2.24 bits per heavy atom.